The van der Waals surface area contributed by atoms with E-state index >= 15 is 0 Å². The van der Waals surface area contributed by atoms with Gasteiger partial charge in [0, 0.05) is 0 Å². The van der Waals surface area contributed by atoms with E-state index in [-0.39, 0.29) is 0 Å². The lowest BCUT2D eigenvalue weighted by Crippen LogP contribution is -1.86. The van der Waals surface area contributed by atoms with Gasteiger partial charge in [-0.2, -0.15) is 16.7 Å². The van der Waals surface area contributed by atoms with Crippen molar-refractivity contribution in [2.24, 2.45) is 5.18 Å². The fraction of sp³-hybridized carbons (Fsp3) is 1.00. The van der Waals surface area contributed by atoms with Crippen LogP contribution >= 0.6 is 11.8 Å². The van der Waals surface area contributed by atoms with Crippen molar-refractivity contribution in [1.29, 1.82) is 0 Å². The summed E-state index contributed by atoms with van der Waals surface area (Å²) in [4.78, 5) is 9.76. The molecule has 0 fully saturated rings. The molecule has 0 saturated carbocycles. The maximum atomic E-state index is 9.76. The van der Waals surface area contributed by atoms with Gasteiger partial charge in [0.2, 0.25) is 0 Å². The van der Waals surface area contributed by atoms with Crippen LogP contribution in [0.1, 0.15) is 45.4 Å². The van der Waals surface area contributed by atoms with Gasteiger partial charge in [-0.1, -0.05) is 31.4 Å². The highest BCUT2D eigenvalue weighted by Crippen LogP contribution is 2.09. The Balaban J connectivity index is 2.79. The third kappa shape index (κ3) is 12.0. The van der Waals surface area contributed by atoms with Gasteiger partial charge < -0.3 is 0 Å². The summed E-state index contributed by atoms with van der Waals surface area (Å²) < 4.78 is 0. The molecule has 0 unspecified atom stereocenters. The second-order valence-corrected chi connectivity index (χ2v) is 4.46. The van der Waals surface area contributed by atoms with E-state index in [0.29, 0.717) is 6.54 Å². The first kappa shape index (κ1) is 12.9. The van der Waals surface area contributed by atoms with Crippen molar-refractivity contribution >= 4 is 11.8 Å². The van der Waals surface area contributed by atoms with Crippen LogP contribution in [-0.2, 0) is 0 Å². The Labute approximate surface area is 85.8 Å². The van der Waals surface area contributed by atoms with Crippen LogP contribution in [0.15, 0.2) is 5.18 Å². The zero-order valence-electron chi connectivity index (χ0n) is 8.63. The minimum absolute atomic E-state index is 0.496. The molecule has 0 spiro atoms. The summed E-state index contributed by atoms with van der Waals surface area (Å²) in [7, 11) is 0. The number of rotatable bonds is 10. The number of nitrogens with zero attached hydrogens (tertiary/aromatic N) is 1. The predicted octanol–water partition coefficient (Wildman–Crippen LogP) is 3.85. The van der Waals surface area contributed by atoms with E-state index in [1.54, 1.807) is 0 Å². The van der Waals surface area contributed by atoms with Crippen LogP contribution in [0.4, 0.5) is 0 Å². The summed E-state index contributed by atoms with van der Waals surface area (Å²) >= 11 is 2.01. The molecule has 0 aromatic heterocycles. The number of hydrogen-bond donors (Lipinski definition) is 0. The fourth-order valence-electron chi connectivity index (χ4n) is 1.11. The summed E-state index contributed by atoms with van der Waals surface area (Å²) in [6.45, 7) is 2.73. The van der Waals surface area contributed by atoms with Crippen LogP contribution in [0.5, 0.6) is 0 Å². The van der Waals surface area contributed by atoms with Gasteiger partial charge in [0.1, 0.15) is 0 Å². The molecule has 0 aromatic carbocycles. The average Bonchev–Trinajstić information content (AvgIpc) is 2.16. The lowest BCUT2D eigenvalue weighted by Gasteiger charge is -1.99. The summed E-state index contributed by atoms with van der Waals surface area (Å²) in [6, 6.07) is 0. The molecule has 13 heavy (non-hydrogen) atoms. The molecule has 0 rings (SSSR count). The molecule has 0 bridgehead atoms. The van der Waals surface area contributed by atoms with Crippen LogP contribution < -0.4 is 0 Å². The molecule has 0 aliphatic rings. The monoisotopic (exact) mass is 203 g/mol. The van der Waals surface area contributed by atoms with E-state index in [1.165, 1.54) is 37.2 Å². The Morgan fingerprint density at radius 1 is 1.00 bits per heavy atom. The maximum Gasteiger partial charge on any atom is 0.0811 e. The SMILES string of the molecule is CCCCCCSCCCCN=O. The minimum atomic E-state index is 0.496. The van der Waals surface area contributed by atoms with Crippen molar-refractivity contribution < 1.29 is 0 Å². The molecule has 0 N–H and O–H groups in total. The predicted molar refractivity (Wildman–Crippen MR) is 61.4 cm³/mol. The first-order chi connectivity index (χ1) is 6.41. The van der Waals surface area contributed by atoms with Gasteiger partial charge in [-0.05, 0) is 30.8 Å². The van der Waals surface area contributed by atoms with Crippen molar-refractivity contribution in [1.82, 2.24) is 0 Å². The Morgan fingerprint density at radius 2 is 1.69 bits per heavy atom. The van der Waals surface area contributed by atoms with Crippen LogP contribution in [0.25, 0.3) is 0 Å². The number of nitroso groups, excluding NO2 is 1. The van der Waals surface area contributed by atoms with E-state index in [1.807, 2.05) is 11.8 Å². The van der Waals surface area contributed by atoms with E-state index < -0.39 is 0 Å². The minimum Gasteiger partial charge on any atom is -0.162 e. The maximum absolute atomic E-state index is 9.76. The van der Waals surface area contributed by atoms with E-state index in [9.17, 15) is 4.91 Å². The van der Waals surface area contributed by atoms with Crippen LogP contribution in [-0.4, -0.2) is 18.1 Å². The van der Waals surface area contributed by atoms with Gasteiger partial charge in [-0.15, -0.1) is 0 Å². The number of thioether (sulfide) groups is 1. The summed E-state index contributed by atoms with van der Waals surface area (Å²) in [5.41, 5.74) is 0. The third-order valence-corrected chi connectivity index (χ3v) is 3.09. The Morgan fingerprint density at radius 3 is 2.31 bits per heavy atom. The molecule has 0 amide bonds. The van der Waals surface area contributed by atoms with Gasteiger partial charge in [0.25, 0.3) is 0 Å². The molecule has 0 aromatic rings. The second-order valence-electron chi connectivity index (χ2n) is 3.23. The van der Waals surface area contributed by atoms with Crippen LogP contribution in [0.2, 0.25) is 0 Å². The first-order valence-electron chi connectivity index (χ1n) is 5.28. The lowest BCUT2D eigenvalue weighted by atomic mass is 10.2. The molecule has 3 heteroatoms. The molecule has 0 aliphatic carbocycles. The molecule has 2 nitrogen and oxygen atoms in total. The smallest absolute Gasteiger partial charge is 0.0811 e. The lowest BCUT2D eigenvalue weighted by molar-refractivity contribution is 0.706. The molecule has 0 radical (unpaired) electrons. The molecule has 0 atom stereocenters. The first-order valence-corrected chi connectivity index (χ1v) is 6.44. The summed E-state index contributed by atoms with van der Waals surface area (Å²) in [5, 5.41) is 2.83. The van der Waals surface area contributed by atoms with E-state index in [4.69, 9.17) is 0 Å². The van der Waals surface area contributed by atoms with E-state index in [2.05, 4.69) is 12.1 Å². The zero-order chi connectivity index (χ0) is 9.78. The molecule has 0 aliphatic heterocycles. The number of hydrogen-bond acceptors (Lipinski definition) is 3. The van der Waals surface area contributed by atoms with Gasteiger partial charge in [-0.3, -0.25) is 0 Å². The van der Waals surface area contributed by atoms with Gasteiger partial charge in [0.05, 0.1) is 6.54 Å². The van der Waals surface area contributed by atoms with Crippen molar-refractivity contribution in [3.8, 4) is 0 Å². The van der Waals surface area contributed by atoms with E-state index in [0.717, 1.165) is 12.8 Å². The normalized spacial score (nSPS) is 10.2. The standard InChI is InChI=1S/C10H21NOS/c1-2-3-4-6-9-13-10-7-5-8-11-12/h2-10H2,1H3. The average molecular weight is 203 g/mol. The summed E-state index contributed by atoms with van der Waals surface area (Å²) in [5.74, 6) is 2.48. The number of unbranched alkanes of at least 4 members (excludes halogenated alkanes) is 4. The largest absolute Gasteiger partial charge is 0.162 e. The highest BCUT2D eigenvalue weighted by molar-refractivity contribution is 7.99. The highest BCUT2D eigenvalue weighted by Gasteiger charge is 1.91. The second kappa shape index (κ2) is 11.9. The van der Waals surface area contributed by atoms with Crippen LogP contribution in [0.3, 0.4) is 0 Å². The molecule has 0 saturated heterocycles. The Kier molecular flexibility index (Phi) is 11.9. The Hall–Kier alpha value is -0.0500. The van der Waals surface area contributed by atoms with Gasteiger partial charge in [0.15, 0.2) is 0 Å². The fourth-order valence-corrected chi connectivity index (χ4v) is 2.13. The Bertz CT molecular complexity index is 109. The highest BCUT2D eigenvalue weighted by atomic mass is 32.2. The molecule has 78 valence electrons. The molecular formula is C10H21NOS. The van der Waals surface area contributed by atoms with Crippen LogP contribution in [0, 0.1) is 4.91 Å². The van der Waals surface area contributed by atoms with Crippen molar-refractivity contribution in [2.45, 2.75) is 45.4 Å². The zero-order valence-corrected chi connectivity index (χ0v) is 9.44. The topological polar surface area (TPSA) is 29.4 Å². The summed E-state index contributed by atoms with van der Waals surface area (Å²) in [6.07, 6.45) is 7.52. The van der Waals surface area contributed by atoms with Crippen molar-refractivity contribution in [2.75, 3.05) is 18.1 Å². The third-order valence-electron chi connectivity index (χ3n) is 1.93. The molecule has 0 heterocycles. The van der Waals surface area contributed by atoms with Crippen molar-refractivity contribution in [3.63, 3.8) is 0 Å². The van der Waals surface area contributed by atoms with Gasteiger partial charge >= 0.3 is 0 Å². The van der Waals surface area contributed by atoms with Crippen molar-refractivity contribution in [3.05, 3.63) is 4.91 Å². The van der Waals surface area contributed by atoms with Gasteiger partial charge in [-0.25, -0.2) is 0 Å². The quantitative estimate of drug-likeness (QED) is 0.399. The molecular weight excluding hydrogens is 182 g/mol.